The van der Waals surface area contributed by atoms with E-state index in [0.717, 1.165) is 36.0 Å². The number of nitrogens with zero attached hydrogens (tertiary/aromatic N) is 2. The van der Waals surface area contributed by atoms with E-state index in [4.69, 9.17) is 5.11 Å². The summed E-state index contributed by atoms with van der Waals surface area (Å²) in [5.74, 6) is -0.0660. The molecule has 0 saturated carbocycles. The van der Waals surface area contributed by atoms with Gasteiger partial charge in [0.2, 0.25) is 0 Å². The number of carbonyl (C=O) groups excluding carboxylic acids is 1. The SMILES string of the molecule is CN1CCC(=C(Br)c2ccc(C(=O)N(C)CCO)cc2)CC1. The lowest BCUT2D eigenvalue weighted by Crippen LogP contribution is -2.29. The van der Waals surface area contributed by atoms with E-state index in [9.17, 15) is 4.79 Å². The largest absolute Gasteiger partial charge is 0.395 e. The second-order valence-electron chi connectivity index (χ2n) is 5.75. The quantitative estimate of drug-likeness (QED) is 0.890. The number of hydrogen-bond acceptors (Lipinski definition) is 3. The predicted molar refractivity (Wildman–Crippen MR) is 93.1 cm³/mol. The van der Waals surface area contributed by atoms with Gasteiger partial charge < -0.3 is 14.9 Å². The molecule has 0 spiro atoms. The second-order valence-corrected chi connectivity index (χ2v) is 6.54. The number of benzene rings is 1. The van der Waals surface area contributed by atoms with Gasteiger partial charge in [-0.25, -0.2) is 0 Å². The first kappa shape index (κ1) is 17.2. The van der Waals surface area contributed by atoms with E-state index in [1.165, 1.54) is 10.5 Å². The summed E-state index contributed by atoms with van der Waals surface area (Å²) in [7, 11) is 3.84. The van der Waals surface area contributed by atoms with Gasteiger partial charge in [-0.3, -0.25) is 4.79 Å². The summed E-state index contributed by atoms with van der Waals surface area (Å²) >= 11 is 3.72. The summed E-state index contributed by atoms with van der Waals surface area (Å²) in [4.78, 5) is 16.0. The van der Waals surface area contributed by atoms with Crippen LogP contribution in [-0.2, 0) is 0 Å². The molecule has 1 amide bonds. The molecule has 0 radical (unpaired) electrons. The average Bonchev–Trinajstić information content (AvgIpc) is 2.54. The predicted octanol–water partition coefficient (Wildman–Crippen LogP) is 2.58. The van der Waals surface area contributed by atoms with Gasteiger partial charge in [-0.2, -0.15) is 0 Å². The molecule has 5 heteroatoms. The highest BCUT2D eigenvalue weighted by Crippen LogP contribution is 2.31. The van der Waals surface area contributed by atoms with Crippen LogP contribution in [0.3, 0.4) is 0 Å². The molecule has 120 valence electrons. The third kappa shape index (κ3) is 4.18. The van der Waals surface area contributed by atoms with Crippen LogP contribution in [0.15, 0.2) is 29.8 Å². The fourth-order valence-corrected chi connectivity index (χ4v) is 3.20. The first-order valence-corrected chi connectivity index (χ1v) is 8.35. The van der Waals surface area contributed by atoms with Crippen LogP contribution in [0.2, 0.25) is 0 Å². The standard InChI is InChI=1S/C17H23BrN2O2/c1-19-9-7-14(8-10-19)16(18)13-3-5-15(6-4-13)17(22)20(2)11-12-21/h3-6,21H,7-12H2,1-2H3. The zero-order valence-electron chi connectivity index (χ0n) is 13.2. The van der Waals surface area contributed by atoms with Gasteiger partial charge in [-0.05, 0) is 37.6 Å². The van der Waals surface area contributed by atoms with E-state index >= 15 is 0 Å². The van der Waals surface area contributed by atoms with Crippen molar-refractivity contribution in [3.05, 3.63) is 41.0 Å². The minimum atomic E-state index is -0.0660. The Hall–Kier alpha value is -1.17. The van der Waals surface area contributed by atoms with E-state index in [1.54, 1.807) is 7.05 Å². The zero-order valence-corrected chi connectivity index (χ0v) is 14.8. The number of likely N-dealkylation sites (N-methyl/N-ethyl adjacent to an activating group) is 1. The lowest BCUT2D eigenvalue weighted by atomic mass is 10.0. The van der Waals surface area contributed by atoms with Gasteiger partial charge >= 0.3 is 0 Å². The number of hydrogen-bond donors (Lipinski definition) is 1. The molecule has 1 aromatic carbocycles. The molecule has 4 nitrogen and oxygen atoms in total. The number of aliphatic hydroxyl groups excluding tert-OH is 1. The number of aliphatic hydroxyl groups is 1. The summed E-state index contributed by atoms with van der Waals surface area (Å²) in [6, 6.07) is 7.66. The molecule has 1 aliphatic heterocycles. The molecular formula is C17H23BrN2O2. The van der Waals surface area contributed by atoms with Gasteiger partial charge in [0.25, 0.3) is 5.91 Å². The van der Waals surface area contributed by atoms with E-state index in [2.05, 4.69) is 27.9 Å². The van der Waals surface area contributed by atoms with Crippen molar-refractivity contribution in [2.24, 2.45) is 0 Å². The summed E-state index contributed by atoms with van der Waals surface area (Å²) in [5, 5.41) is 8.90. The number of halogens is 1. The fraction of sp³-hybridized carbons (Fsp3) is 0.471. The second kappa shape index (κ2) is 7.90. The molecule has 2 rings (SSSR count). The van der Waals surface area contributed by atoms with E-state index in [1.807, 2.05) is 24.3 Å². The van der Waals surface area contributed by atoms with Crippen molar-refractivity contribution >= 4 is 26.3 Å². The first-order chi connectivity index (χ1) is 10.5. The zero-order chi connectivity index (χ0) is 16.1. The van der Waals surface area contributed by atoms with Crippen molar-refractivity contribution in [1.82, 2.24) is 9.80 Å². The average molecular weight is 367 g/mol. The Bertz CT molecular complexity index is 544. The highest BCUT2D eigenvalue weighted by molar-refractivity contribution is 9.15. The van der Waals surface area contributed by atoms with Crippen LogP contribution >= 0.6 is 15.9 Å². The third-order valence-corrected chi connectivity index (χ3v) is 5.09. The molecule has 1 aliphatic rings. The maximum absolute atomic E-state index is 12.1. The Balaban J connectivity index is 2.11. The minimum Gasteiger partial charge on any atom is -0.395 e. The van der Waals surface area contributed by atoms with Crippen LogP contribution in [0.1, 0.15) is 28.8 Å². The topological polar surface area (TPSA) is 43.8 Å². The van der Waals surface area contributed by atoms with Crippen molar-refractivity contribution in [3.63, 3.8) is 0 Å². The molecule has 1 aromatic rings. The first-order valence-electron chi connectivity index (χ1n) is 7.55. The van der Waals surface area contributed by atoms with Crippen molar-refractivity contribution in [1.29, 1.82) is 0 Å². The minimum absolute atomic E-state index is 0.0214. The highest BCUT2D eigenvalue weighted by Gasteiger charge is 2.15. The van der Waals surface area contributed by atoms with Crippen LogP contribution in [0.25, 0.3) is 4.48 Å². The number of likely N-dealkylation sites (tertiary alicyclic amines) is 1. The van der Waals surface area contributed by atoms with Crippen molar-refractivity contribution in [2.75, 3.05) is 40.3 Å². The van der Waals surface area contributed by atoms with E-state index in [0.29, 0.717) is 12.1 Å². The van der Waals surface area contributed by atoms with Crippen molar-refractivity contribution in [3.8, 4) is 0 Å². The molecule has 22 heavy (non-hydrogen) atoms. The summed E-state index contributed by atoms with van der Waals surface area (Å²) in [5.41, 5.74) is 3.20. The molecule has 1 saturated heterocycles. The van der Waals surface area contributed by atoms with Crippen LogP contribution in [-0.4, -0.2) is 61.2 Å². The smallest absolute Gasteiger partial charge is 0.253 e. The molecule has 1 fully saturated rings. The Morgan fingerprint density at radius 2 is 1.77 bits per heavy atom. The van der Waals surface area contributed by atoms with Gasteiger partial charge in [-0.15, -0.1) is 0 Å². The Morgan fingerprint density at radius 1 is 1.23 bits per heavy atom. The normalized spacial score (nSPS) is 15.7. The van der Waals surface area contributed by atoms with Crippen LogP contribution in [0.4, 0.5) is 0 Å². The molecular weight excluding hydrogens is 344 g/mol. The maximum Gasteiger partial charge on any atom is 0.253 e. The van der Waals surface area contributed by atoms with Crippen molar-refractivity contribution < 1.29 is 9.90 Å². The molecule has 0 aromatic heterocycles. The Labute approximate surface area is 140 Å². The van der Waals surface area contributed by atoms with E-state index < -0.39 is 0 Å². The van der Waals surface area contributed by atoms with Gasteiger partial charge in [-0.1, -0.05) is 33.6 Å². The monoisotopic (exact) mass is 366 g/mol. The van der Waals surface area contributed by atoms with Crippen LogP contribution in [0.5, 0.6) is 0 Å². The molecule has 0 bridgehead atoms. The van der Waals surface area contributed by atoms with Gasteiger partial charge in [0.05, 0.1) is 6.61 Å². The Kier molecular flexibility index (Phi) is 6.17. The maximum atomic E-state index is 12.1. The third-order valence-electron chi connectivity index (χ3n) is 4.07. The summed E-state index contributed by atoms with van der Waals surface area (Å²) in [6.45, 7) is 2.51. The van der Waals surface area contributed by atoms with Gasteiger partial charge in [0, 0.05) is 36.7 Å². The number of amides is 1. The van der Waals surface area contributed by atoms with E-state index in [-0.39, 0.29) is 12.5 Å². The highest BCUT2D eigenvalue weighted by atomic mass is 79.9. The number of piperidine rings is 1. The summed E-state index contributed by atoms with van der Waals surface area (Å²) in [6.07, 6.45) is 2.16. The molecule has 1 N–H and O–H groups in total. The van der Waals surface area contributed by atoms with Gasteiger partial charge in [0.15, 0.2) is 0 Å². The van der Waals surface area contributed by atoms with Crippen LogP contribution < -0.4 is 0 Å². The van der Waals surface area contributed by atoms with Gasteiger partial charge in [0.1, 0.15) is 0 Å². The molecule has 0 aliphatic carbocycles. The number of rotatable bonds is 4. The summed E-state index contributed by atoms with van der Waals surface area (Å²) < 4.78 is 1.16. The molecule has 1 heterocycles. The number of carbonyl (C=O) groups is 1. The molecule has 0 unspecified atom stereocenters. The molecule has 0 atom stereocenters. The lowest BCUT2D eigenvalue weighted by molar-refractivity contribution is 0.0767. The lowest BCUT2D eigenvalue weighted by Gasteiger charge is -2.25. The van der Waals surface area contributed by atoms with Crippen molar-refractivity contribution in [2.45, 2.75) is 12.8 Å². The fourth-order valence-electron chi connectivity index (χ4n) is 2.54. The Morgan fingerprint density at radius 3 is 2.32 bits per heavy atom. The van der Waals surface area contributed by atoms with Crippen LogP contribution in [0, 0.1) is 0 Å².